The summed E-state index contributed by atoms with van der Waals surface area (Å²) in [6.07, 6.45) is -1.15. The van der Waals surface area contributed by atoms with E-state index in [9.17, 15) is 13.6 Å². The smallest absolute Gasteiger partial charge is 0.211 e. The highest BCUT2D eigenvalue weighted by Gasteiger charge is 2.03. The number of hydrogen-bond acceptors (Lipinski definition) is 2. The van der Waals surface area contributed by atoms with E-state index >= 15 is 0 Å². The molecule has 0 heterocycles. The van der Waals surface area contributed by atoms with Crippen LogP contribution in [0.5, 0.6) is 0 Å². The van der Waals surface area contributed by atoms with Gasteiger partial charge in [0.1, 0.15) is 0 Å². The largest absolute Gasteiger partial charge is 0.242 e. The Morgan fingerprint density at radius 3 is 2.29 bits per heavy atom. The number of halogens is 2. The van der Waals surface area contributed by atoms with Gasteiger partial charge in [-0.25, -0.2) is 18.6 Å². The summed E-state index contributed by atoms with van der Waals surface area (Å²) in [4.78, 5) is 13.2. The van der Waals surface area contributed by atoms with Gasteiger partial charge in [0.15, 0.2) is 0 Å². The lowest BCUT2D eigenvalue weighted by Gasteiger charge is -2.00. The molecule has 0 unspecified atom stereocenters. The van der Waals surface area contributed by atoms with Crippen LogP contribution in [-0.4, -0.2) is 12.5 Å². The van der Waals surface area contributed by atoms with Crippen molar-refractivity contribution in [3.63, 3.8) is 0 Å². The fourth-order valence-electron chi connectivity index (χ4n) is 1.08. The molecule has 1 aromatic rings. The average molecular weight is 197 g/mol. The first kappa shape index (κ1) is 10.5. The molecular weight excluding hydrogens is 188 g/mol. The van der Waals surface area contributed by atoms with Gasteiger partial charge in [0, 0.05) is 6.42 Å². The Bertz CT molecular complexity index is 328. The van der Waals surface area contributed by atoms with Crippen LogP contribution in [0.15, 0.2) is 29.3 Å². The second kappa shape index (κ2) is 5.25. The van der Waals surface area contributed by atoms with Crippen molar-refractivity contribution in [2.45, 2.75) is 19.4 Å². The molecule has 0 bridgehead atoms. The maximum atomic E-state index is 12.0. The summed E-state index contributed by atoms with van der Waals surface area (Å²) < 4.78 is 23.9. The molecule has 0 saturated heterocycles. The van der Waals surface area contributed by atoms with Crippen LogP contribution in [0.2, 0.25) is 0 Å². The van der Waals surface area contributed by atoms with Crippen molar-refractivity contribution < 1.29 is 13.6 Å². The zero-order valence-corrected chi connectivity index (χ0v) is 7.41. The maximum Gasteiger partial charge on any atom is 0.242 e. The molecule has 0 aliphatic carbocycles. The number of benzene rings is 1. The molecule has 0 fully saturated rings. The van der Waals surface area contributed by atoms with Gasteiger partial charge in [0.25, 0.3) is 0 Å². The number of isocyanates is 1. The van der Waals surface area contributed by atoms with Crippen LogP contribution in [0.1, 0.15) is 11.1 Å². The third kappa shape index (κ3) is 3.46. The Balaban J connectivity index is 2.63. The molecule has 1 aromatic carbocycles. The van der Waals surface area contributed by atoms with E-state index in [1.807, 2.05) is 0 Å². The topological polar surface area (TPSA) is 29.4 Å². The van der Waals surface area contributed by atoms with Gasteiger partial charge in [-0.05, 0) is 11.1 Å². The lowest BCUT2D eigenvalue weighted by Crippen LogP contribution is -1.96. The van der Waals surface area contributed by atoms with Crippen LogP contribution in [0.4, 0.5) is 8.78 Å². The fraction of sp³-hybridized carbons (Fsp3) is 0.300. The third-order valence-electron chi connectivity index (χ3n) is 1.74. The number of alkyl halides is 2. The first-order chi connectivity index (χ1) is 6.72. The van der Waals surface area contributed by atoms with E-state index in [0.29, 0.717) is 5.56 Å². The highest BCUT2D eigenvalue weighted by atomic mass is 19.3. The van der Waals surface area contributed by atoms with Crippen LogP contribution in [0.25, 0.3) is 0 Å². The molecule has 1 rings (SSSR count). The zero-order valence-electron chi connectivity index (χ0n) is 7.41. The summed E-state index contributed by atoms with van der Waals surface area (Å²) in [5, 5.41) is 0. The third-order valence-corrected chi connectivity index (χ3v) is 1.74. The van der Waals surface area contributed by atoms with Gasteiger partial charge in [0.2, 0.25) is 12.5 Å². The van der Waals surface area contributed by atoms with Crippen molar-refractivity contribution in [3.05, 3.63) is 35.4 Å². The first-order valence-electron chi connectivity index (χ1n) is 4.12. The lowest BCUT2D eigenvalue weighted by molar-refractivity contribution is 0.149. The van der Waals surface area contributed by atoms with E-state index in [-0.39, 0.29) is 13.0 Å². The molecule has 74 valence electrons. The van der Waals surface area contributed by atoms with Crippen LogP contribution in [0, 0.1) is 0 Å². The molecule has 0 aliphatic heterocycles. The van der Waals surface area contributed by atoms with Gasteiger partial charge >= 0.3 is 0 Å². The van der Waals surface area contributed by atoms with Crippen molar-refractivity contribution >= 4 is 6.08 Å². The molecule has 0 atom stereocenters. The Hall–Kier alpha value is -1.54. The van der Waals surface area contributed by atoms with Gasteiger partial charge in [-0.1, -0.05) is 24.3 Å². The van der Waals surface area contributed by atoms with Gasteiger partial charge in [-0.15, -0.1) is 0 Å². The molecular formula is C10H9F2NO. The highest BCUT2D eigenvalue weighted by Crippen LogP contribution is 2.09. The molecule has 0 saturated carbocycles. The number of aliphatic imine (C=N–C) groups is 1. The van der Waals surface area contributed by atoms with Gasteiger partial charge < -0.3 is 0 Å². The van der Waals surface area contributed by atoms with Crippen LogP contribution < -0.4 is 0 Å². The van der Waals surface area contributed by atoms with E-state index in [2.05, 4.69) is 4.99 Å². The molecule has 0 radical (unpaired) electrons. The van der Waals surface area contributed by atoms with E-state index in [1.165, 1.54) is 6.08 Å². The van der Waals surface area contributed by atoms with Gasteiger partial charge in [-0.2, -0.15) is 0 Å². The van der Waals surface area contributed by atoms with Crippen molar-refractivity contribution in [1.82, 2.24) is 0 Å². The Labute approximate surface area is 80.3 Å². The van der Waals surface area contributed by atoms with Crippen molar-refractivity contribution in [1.29, 1.82) is 0 Å². The monoisotopic (exact) mass is 197 g/mol. The normalized spacial score (nSPS) is 9.93. The molecule has 4 heteroatoms. The van der Waals surface area contributed by atoms with Gasteiger partial charge in [-0.3, -0.25) is 0 Å². The van der Waals surface area contributed by atoms with Crippen LogP contribution >= 0.6 is 0 Å². The number of nitrogens with zero attached hydrogens (tertiary/aromatic N) is 1. The van der Waals surface area contributed by atoms with E-state index in [1.54, 1.807) is 24.3 Å². The Morgan fingerprint density at radius 1 is 1.21 bits per heavy atom. The second-order valence-electron chi connectivity index (χ2n) is 2.82. The minimum absolute atomic E-state index is 0.239. The zero-order chi connectivity index (χ0) is 10.4. The number of rotatable bonds is 4. The second-order valence-corrected chi connectivity index (χ2v) is 2.82. The SMILES string of the molecule is O=C=NCc1ccc(CC(F)F)cc1. The highest BCUT2D eigenvalue weighted by molar-refractivity contribution is 5.34. The van der Waals surface area contributed by atoms with E-state index in [4.69, 9.17) is 0 Å². The average Bonchev–Trinajstić information content (AvgIpc) is 2.16. The predicted molar refractivity (Wildman–Crippen MR) is 48.0 cm³/mol. The molecule has 0 aromatic heterocycles. The van der Waals surface area contributed by atoms with Crippen LogP contribution in [-0.2, 0) is 17.8 Å². The minimum atomic E-state index is -2.33. The van der Waals surface area contributed by atoms with Crippen molar-refractivity contribution in [2.24, 2.45) is 4.99 Å². The predicted octanol–water partition coefficient (Wildman–Crippen LogP) is 2.33. The van der Waals surface area contributed by atoms with E-state index < -0.39 is 6.43 Å². The van der Waals surface area contributed by atoms with Crippen LogP contribution in [0.3, 0.4) is 0 Å². The minimum Gasteiger partial charge on any atom is -0.211 e. The molecule has 0 N–H and O–H groups in total. The summed E-state index contributed by atoms with van der Waals surface area (Å²) in [5.41, 5.74) is 1.39. The summed E-state index contributed by atoms with van der Waals surface area (Å²) in [5.74, 6) is 0. The fourth-order valence-corrected chi connectivity index (χ4v) is 1.08. The summed E-state index contributed by atoms with van der Waals surface area (Å²) in [6, 6.07) is 6.58. The summed E-state index contributed by atoms with van der Waals surface area (Å²) >= 11 is 0. The Morgan fingerprint density at radius 2 is 1.79 bits per heavy atom. The molecule has 0 amide bonds. The maximum absolute atomic E-state index is 12.0. The van der Waals surface area contributed by atoms with Crippen molar-refractivity contribution in [3.8, 4) is 0 Å². The van der Waals surface area contributed by atoms with Crippen molar-refractivity contribution in [2.75, 3.05) is 0 Å². The molecule has 14 heavy (non-hydrogen) atoms. The van der Waals surface area contributed by atoms with Gasteiger partial charge in [0.05, 0.1) is 6.54 Å². The summed E-state index contributed by atoms with van der Waals surface area (Å²) in [6.45, 7) is 0.248. The standard InChI is InChI=1S/C10H9F2NO/c11-10(12)5-8-1-3-9(4-2-8)6-13-7-14/h1-4,10H,5-6H2. The first-order valence-corrected chi connectivity index (χ1v) is 4.12. The quantitative estimate of drug-likeness (QED) is 0.538. The Kier molecular flexibility index (Phi) is 3.95. The molecule has 0 aliphatic rings. The number of hydrogen-bond donors (Lipinski definition) is 0. The number of carbonyl (C=O) groups excluding carboxylic acids is 1. The lowest BCUT2D eigenvalue weighted by atomic mass is 10.1. The summed E-state index contributed by atoms with van der Waals surface area (Å²) in [7, 11) is 0. The molecule has 2 nitrogen and oxygen atoms in total. The van der Waals surface area contributed by atoms with E-state index in [0.717, 1.165) is 5.56 Å². The molecule has 0 spiro atoms.